The van der Waals surface area contributed by atoms with E-state index in [0.29, 0.717) is 32.9 Å². The van der Waals surface area contributed by atoms with Gasteiger partial charge in [0.2, 0.25) is 0 Å². The number of hydrogen-bond donors (Lipinski definition) is 2. The molecular formula is C23H20Cl2N2O4. The molecule has 0 unspecified atom stereocenters. The lowest BCUT2D eigenvalue weighted by Crippen LogP contribution is -2.21. The summed E-state index contributed by atoms with van der Waals surface area (Å²) in [4.78, 5) is 24.3. The van der Waals surface area contributed by atoms with Crippen LogP contribution in [0.5, 0.6) is 11.5 Å². The van der Waals surface area contributed by atoms with Gasteiger partial charge in [0, 0.05) is 21.4 Å². The monoisotopic (exact) mass is 458 g/mol. The fourth-order valence-corrected chi connectivity index (χ4v) is 2.88. The van der Waals surface area contributed by atoms with E-state index in [1.807, 2.05) is 6.92 Å². The van der Waals surface area contributed by atoms with Gasteiger partial charge in [0.25, 0.3) is 11.8 Å². The average molecular weight is 459 g/mol. The third-order valence-electron chi connectivity index (χ3n) is 4.15. The summed E-state index contributed by atoms with van der Waals surface area (Å²) in [5.41, 5.74) is 2.01. The zero-order valence-corrected chi connectivity index (χ0v) is 18.2. The molecule has 0 saturated carbocycles. The lowest BCUT2D eigenvalue weighted by atomic mass is 10.1. The molecule has 2 amide bonds. The van der Waals surface area contributed by atoms with Gasteiger partial charge in [-0.25, -0.2) is 0 Å². The number of carbonyl (C=O) groups excluding carboxylic acids is 2. The number of nitrogens with one attached hydrogen (secondary N) is 2. The highest BCUT2D eigenvalue weighted by molar-refractivity contribution is 6.30. The summed E-state index contributed by atoms with van der Waals surface area (Å²) < 4.78 is 10.9. The largest absolute Gasteiger partial charge is 0.484 e. The van der Waals surface area contributed by atoms with Crippen LogP contribution in [0.3, 0.4) is 0 Å². The Morgan fingerprint density at radius 1 is 0.742 bits per heavy atom. The number of rotatable bonds is 8. The highest BCUT2D eigenvalue weighted by Crippen LogP contribution is 2.21. The van der Waals surface area contributed by atoms with Gasteiger partial charge in [-0.1, -0.05) is 23.2 Å². The van der Waals surface area contributed by atoms with Gasteiger partial charge in [-0.2, -0.15) is 0 Å². The molecule has 31 heavy (non-hydrogen) atoms. The Morgan fingerprint density at radius 3 is 1.71 bits per heavy atom. The standard InChI is InChI=1S/C23H20Cl2N2O4/c1-15-12-18(26-22(28)13-30-19-7-2-16(24)3-8-19)6-11-21(15)27-23(29)14-31-20-9-4-17(25)5-10-20/h2-12H,13-14H2,1H3,(H,26,28)(H,27,29). The number of anilines is 2. The van der Waals surface area contributed by atoms with Gasteiger partial charge in [0.05, 0.1) is 0 Å². The van der Waals surface area contributed by atoms with E-state index in [4.69, 9.17) is 32.7 Å². The molecule has 8 heteroatoms. The molecule has 0 spiro atoms. The summed E-state index contributed by atoms with van der Waals surface area (Å²) in [5, 5.41) is 6.73. The Kier molecular flexibility index (Phi) is 7.76. The molecule has 3 aromatic rings. The van der Waals surface area contributed by atoms with Crippen molar-refractivity contribution in [1.29, 1.82) is 0 Å². The van der Waals surface area contributed by atoms with E-state index in [2.05, 4.69) is 10.6 Å². The Morgan fingerprint density at radius 2 is 1.23 bits per heavy atom. The minimum Gasteiger partial charge on any atom is -0.484 e. The van der Waals surface area contributed by atoms with Crippen molar-refractivity contribution in [3.05, 3.63) is 82.3 Å². The Labute approximate surface area is 190 Å². The third kappa shape index (κ3) is 7.20. The minimum atomic E-state index is -0.303. The third-order valence-corrected chi connectivity index (χ3v) is 4.66. The van der Waals surface area contributed by atoms with Crippen LogP contribution in [0.4, 0.5) is 11.4 Å². The van der Waals surface area contributed by atoms with Gasteiger partial charge in [0.15, 0.2) is 13.2 Å². The summed E-state index contributed by atoms with van der Waals surface area (Å²) in [7, 11) is 0. The van der Waals surface area contributed by atoms with Gasteiger partial charge in [-0.15, -0.1) is 0 Å². The highest BCUT2D eigenvalue weighted by atomic mass is 35.5. The number of carbonyl (C=O) groups is 2. The van der Waals surface area contributed by atoms with Crippen molar-refractivity contribution in [1.82, 2.24) is 0 Å². The summed E-state index contributed by atoms with van der Waals surface area (Å²) in [5.74, 6) is 0.499. The second-order valence-electron chi connectivity index (χ2n) is 6.61. The van der Waals surface area contributed by atoms with Crippen LogP contribution in [0, 0.1) is 6.92 Å². The zero-order chi connectivity index (χ0) is 22.2. The Hall–Kier alpha value is -3.22. The van der Waals surface area contributed by atoms with Crippen LogP contribution in [0.2, 0.25) is 10.0 Å². The second-order valence-corrected chi connectivity index (χ2v) is 7.48. The first kappa shape index (κ1) is 22.5. The molecule has 6 nitrogen and oxygen atoms in total. The second kappa shape index (κ2) is 10.7. The van der Waals surface area contributed by atoms with Crippen LogP contribution < -0.4 is 20.1 Å². The molecule has 0 heterocycles. The fourth-order valence-electron chi connectivity index (χ4n) is 2.62. The summed E-state index contributed by atoms with van der Waals surface area (Å²) in [6.45, 7) is 1.55. The van der Waals surface area contributed by atoms with E-state index in [-0.39, 0.29) is 25.0 Å². The molecule has 0 fully saturated rings. The Bertz CT molecular complexity index is 1050. The molecule has 0 atom stereocenters. The van der Waals surface area contributed by atoms with Crippen molar-refractivity contribution < 1.29 is 19.1 Å². The molecule has 0 aromatic heterocycles. The topological polar surface area (TPSA) is 76.7 Å². The van der Waals surface area contributed by atoms with Gasteiger partial charge in [-0.3, -0.25) is 9.59 Å². The molecule has 2 N–H and O–H groups in total. The first-order valence-corrected chi connectivity index (χ1v) is 10.1. The lowest BCUT2D eigenvalue weighted by Gasteiger charge is -2.12. The van der Waals surface area contributed by atoms with Gasteiger partial charge in [-0.05, 0) is 79.2 Å². The molecular weight excluding hydrogens is 439 g/mol. The Balaban J connectivity index is 1.48. The van der Waals surface area contributed by atoms with Crippen molar-refractivity contribution >= 4 is 46.4 Å². The predicted molar refractivity (Wildman–Crippen MR) is 122 cm³/mol. The number of ether oxygens (including phenoxy) is 2. The van der Waals surface area contributed by atoms with Gasteiger partial charge in [0.1, 0.15) is 11.5 Å². The SMILES string of the molecule is Cc1cc(NC(=O)COc2ccc(Cl)cc2)ccc1NC(=O)COc1ccc(Cl)cc1. The van der Waals surface area contributed by atoms with Gasteiger partial charge < -0.3 is 20.1 Å². The number of aryl methyl sites for hydroxylation is 1. The van der Waals surface area contributed by atoms with E-state index in [0.717, 1.165) is 5.56 Å². The minimum absolute atomic E-state index is 0.137. The highest BCUT2D eigenvalue weighted by Gasteiger charge is 2.09. The maximum absolute atomic E-state index is 12.2. The molecule has 160 valence electrons. The smallest absolute Gasteiger partial charge is 0.262 e. The van der Waals surface area contributed by atoms with Crippen LogP contribution in [0.25, 0.3) is 0 Å². The van der Waals surface area contributed by atoms with E-state index >= 15 is 0 Å². The molecule has 0 saturated heterocycles. The molecule has 0 bridgehead atoms. The lowest BCUT2D eigenvalue weighted by molar-refractivity contribution is -0.118. The number of halogens is 2. The number of amides is 2. The van der Waals surface area contributed by atoms with Crippen molar-refractivity contribution in [2.24, 2.45) is 0 Å². The van der Waals surface area contributed by atoms with Crippen molar-refractivity contribution in [2.75, 3.05) is 23.8 Å². The average Bonchev–Trinajstić information content (AvgIpc) is 2.75. The number of benzene rings is 3. The van der Waals surface area contributed by atoms with Crippen molar-refractivity contribution in [2.45, 2.75) is 6.92 Å². The first-order valence-electron chi connectivity index (χ1n) is 9.36. The van der Waals surface area contributed by atoms with Crippen LogP contribution >= 0.6 is 23.2 Å². The van der Waals surface area contributed by atoms with E-state index < -0.39 is 0 Å². The molecule has 0 aliphatic carbocycles. The first-order chi connectivity index (χ1) is 14.9. The van der Waals surface area contributed by atoms with E-state index in [1.54, 1.807) is 66.7 Å². The van der Waals surface area contributed by atoms with Crippen LogP contribution in [-0.4, -0.2) is 25.0 Å². The molecule has 3 aromatic carbocycles. The molecule has 0 aliphatic rings. The molecule has 0 aliphatic heterocycles. The van der Waals surface area contributed by atoms with Crippen LogP contribution in [0.1, 0.15) is 5.56 Å². The quantitative estimate of drug-likeness (QED) is 0.477. The predicted octanol–water partition coefficient (Wildman–Crippen LogP) is 5.34. The van der Waals surface area contributed by atoms with Crippen LogP contribution in [-0.2, 0) is 9.59 Å². The van der Waals surface area contributed by atoms with E-state index in [9.17, 15) is 9.59 Å². The number of hydrogen-bond acceptors (Lipinski definition) is 4. The molecule has 0 radical (unpaired) electrons. The summed E-state index contributed by atoms with van der Waals surface area (Å²) in [6.07, 6.45) is 0. The maximum Gasteiger partial charge on any atom is 0.262 e. The van der Waals surface area contributed by atoms with Crippen molar-refractivity contribution in [3.8, 4) is 11.5 Å². The summed E-state index contributed by atoms with van der Waals surface area (Å²) in [6, 6.07) is 18.7. The molecule has 3 rings (SSSR count). The maximum atomic E-state index is 12.2. The normalized spacial score (nSPS) is 10.3. The van der Waals surface area contributed by atoms with Crippen molar-refractivity contribution in [3.63, 3.8) is 0 Å². The van der Waals surface area contributed by atoms with Crippen LogP contribution in [0.15, 0.2) is 66.7 Å². The van der Waals surface area contributed by atoms with Gasteiger partial charge >= 0.3 is 0 Å². The zero-order valence-electron chi connectivity index (χ0n) is 16.7. The van der Waals surface area contributed by atoms with E-state index in [1.165, 1.54) is 0 Å². The fraction of sp³-hybridized carbons (Fsp3) is 0.130. The summed E-state index contributed by atoms with van der Waals surface area (Å²) >= 11 is 11.6.